The van der Waals surface area contributed by atoms with Crippen LogP contribution >= 0.6 is 23.1 Å². The molecule has 0 spiro atoms. The normalized spacial score (nSPS) is 21.8. The van der Waals surface area contributed by atoms with Crippen molar-refractivity contribution in [3.63, 3.8) is 0 Å². The van der Waals surface area contributed by atoms with Crippen LogP contribution < -0.4 is 5.32 Å². The second-order valence-electron chi connectivity index (χ2n) is 4.15. The fourth-order valence-corrected chi connectivity index (χ4v) is 4.05. The predicted octanol–water partition coefficient (Wildman–Crippen LogP) is 3.43. The number of thioether (sulfide) groups is 1. The molecule has 1 aliphatic rings. The fourth-order valence-electron chi connectivity index (χ4n) is 1.90. The molecular formula is C12H19NS2. The molecule has 0 bridgehead atoms. The van der Waals surface area contributed by atoms with Crippen molar-refractivity contribution in [1.29, 1.82) is 0 Å². The molecule has 1 aliphatic heterocycles. The number of nitrogens with one attached hydrogen (secondary N) is 1. The van der Waals surface area contributed by atoms with Crippen LogP contribution in [0.4, 0.5) is 0 Å². The average Bonchev–Trinajstić information content (AvgIpc) is 2.66. The minimum atomic E-state index is 0.860. The van der Waals surface area contributed by atoms with E-state index in [-0.39, 0.29) is 0 Å². The SMILES string of the molecule is Cc1ccsc1CNCC1CCCCS1. The zero-order valence-electron chi connectivity index (χ0n) is 9.29. The van der Waals surface area contributed by atoms with Gasteiger partial charge < -0.3 is 5.32 Å². The van der Waals surface area contributed by atoms with Crippen LogP contribution in [0.5, 0.6) is 0 Å². The molecule has 3 heteroatoms. The number of thiophene rings is 1. The van der Waals surface area contributed by atoms with Gasteiger partial charge in [-0.2, -0.15) is 11.8 Å². The van der Waals surface area contributed by atoms with Gasteiger partial charge in [-0.25, -0.2) is 0 Å². The van der Waals surface area contributed by atoms with Crippen LogP contribution in [0.3, 0.4) is 0 Å². The van der Waals surface area contributed by atoms with Gasteiger partial charge in [-0.3, -0.25) is 0 Å². The number of hydrogen-bond acceptors (Lipinski definition) is 3. The Hall–Kier alpha value is 0.01000. The molecule has 2 rings (SSSR count). The lowest BCUT2D eigenvalue weighted by Gasteiger charge is -2.21. The summed E-state index contributed by atoms with van der Waals surface area (Å²) in [7, 11) is 0. The van der Waals surface area contributed by atoms with Gasteiger partial charge in [0.1, 0.15) is 0 Å². The summed E-state index contributed by atoms with van der Waals surface area (Å²) in [6, 6.07) is 2.21. The first-order valence-electron chi connectivity index (χ1n) is 5.71. The summed E-state index contributed by atoms with van der Waals surface area (Å²) in [5, 5.41) is 6.63. The van der Waals surface area contributed by atoms with Gasteiger partial charge in [-0.1, -0.05) is 6.42 Å². The standard InChI is InChI=1S/C12H19NS2/c1-10-5-7-15-12(10)9-13-8-11-4-2-3-6-14-11/h5,7,11,13H,2-4,6,8-9H2,1H3. The minimum Gasteiger partial charge on any atom is -0.311 e. The molecule has 1 nitrogen and oxygen atoms in total. The molecule has 15 heavy (non-hydrogen) atoms. The second-order valence-corrected chi connectivity index (χ2v) is 6.56. The lowest BCUT2D eigenvalue weighted by Crippen LogP contribution is -2.26. The highest BCUT2D eigenvalue weighted by molar-refractivity contribution is 7.99. The first kappa shape index (κ1) is 11.5. The Morgan fingerprint density at radius 2 is 2.40 bits per heavy atom. The zero-order chi connectivity index (χ0) is 10.5. The average molecular weight is 241 g/mol. The van der Waals surface area contributed by atoms with E-state index in [1.807, 2.05) is 11.3 Å². The first-order valence-corrected chi connectivity index (χ1v) is 7.64. The second kappa shape index (κ2) is 5.92. The third kappa shape index (κ3) is 3.51. The Morgan fingerprint density at radius 3 is 3.07 bits per heavy atom. The van der Waals surface area contributed by atoms with E-state index in [9.17, 15) is 0 Å². The molecule has 1 saturated heterocycles. The van der Waals surface area contributed by atoms with E-state index in [1.54, 1.807) is 0 Å². The maximum absolute atomic E-state index is 3.59. The highest BCUT2D eigenvalue weighted by Gasteiger charge is 2.13. The Bertz CT molecular complexity index is 290. The van der Waals surface area contributed by atoms with E-state index >= 15 is 0 Å². The van der Waals surface area contributed by atoms with E-state index in [2.05, 4.69) is 35.4 Å². The maximum atomic E-state index is 3.59. The lowest BCUT2D eigenvalue weighted by molar-refractivity contribution is 0.599. The maximum Gasteiger partial charge on any atom is 0.0302 e. The lowest BCUT2D eigenvalue weighted by atomic mass is 10.2. The van der Waals surface area contributed by atoms with Gasteiger partial charge in [0.25, 0.3) is 0 Å². The molecular weight excluding hydrogens is 222 g/mol. The molecule has 84 valence electrons. The highest BCUT2D eigenvalue weighted by atomic mass is 32.2. The van der Waals surface area contributed by atoms with Crippen molar-refractivity contribution in [1.82, 2.24) is 5.32 Å². The quantitative estimate of drug-likeness (QED) is 0.867. The van der Waals surface area contributed by atoms with Crippen molar-refractivity contribution >= 4 is 23.1 Å². The molecule has 0 aromatic carbocycles. The molecule has 1 aromatic rings. The molecule has 1 N–H and O–H groups in total. The largest absolute Gasteiger partial charge is 0.311 e. The summed E-state index contributed by atoms with van der Waals surface area (Å²) in [6.07, 6.45) is 4.25. The Morgan fingerprint density at radius 1 is 1.47 bits per heavy atom. The fraction of sp³-hybridized carbons (Fsp3) is 0.667. The number of hydrogen-bond donors (Lipinski definition) is 1. The van der Waals surface area contributed by atoms with E-state index in [1.165, 1.54) is 42.0 Å². The van der Waals surface area contributed by atoms with Crippen molar-refractivity contribution in [3.05, 3.63) is 21.9 Å². The van der Waals surface area contributed by atoms with Crippen LogP contribution in [0.1, 0.15) is 29.7 Å². The summed E-state index contributed by atoms with van der Waals surface area (Å²) >= 11 is 4.01. The monoisotopic (exact) mass is 241 g/mol. The van der Waals surface area contributed by atoms with E-state index in [4.69, 9.17) is 0 Å². The first-order chi connectivity index (χ1) is 7.36. The van der Waals surface area contributed by atoms with Crippen LogP contribution in [-0.4, -0.2) is 17.5 Å². The third-order valence-corrected chi connectivity index (χ3v) is 5.32. The molecule has 2 heterocycles. The van der Waals surface area contributed by atoms with Crippen molar-refractivity contribution in [2.45, 2.75) is 38.0 Å². The smallest absolute Gasteiger partial charge is 0.0302 e. The van der Waals surface area contributed by atoms with Crippen LogP contribution in [0.25, 0.3) is 0 Å². The van der Waals surface area contributed by atoms with Gasteiger partial charge in [-0.05, 0) is 42.5 Å². The van der Waals surface area contributed by atoms with E-state index in [0.717, 1.165) is 11.8 Å². The Kier molecular flexibility index (Phi) is 4.54. The summed E-state index contributed by atoms with van der Waals surface area (Å²) in [4.78, 5) is 1.50. The van der Waals surface area contributed by atoms with Gasteiger partial charge in [0, 0.05) is 23.2 Å². The van der Waals surface area contributed by atoms with Crippen LogP contribution in [0.15, 0.2) is 11.4 Å². The third-order valence-electron chi connectivity index (χ3n) is 2.90. The van der Waals surface area contributed by atoms with Gasteiger partial charge in [0.05, 0.1) is 0 Å². The predicted molar refractivity (Wildman–Crippen MR) is 70.9 cm³/mol. The van der Waals surface area contributed by atoms with Gasteiger partial charge in [0.2, 0.25) is 0 Å². The zero-order valence-corrected chi connectivity index (χ0v) is 10.9. The molecule has 0 amide bonds. The van der Waals surface area contributed by atoms with Crippen molar-refractivity contribution < 1.29 is 0 Å². The summed E-state index contributed by atoms with van der Waals surface area (Å²) in [5.41, 5.74) is 1.43. The van der Waals surface area contributed by atoms with Gasteiger partial charge >= 0.3 is 0 Å². The van der Waals surface area contributed by atoms with E-state index < -0.39 is 0 Å². The molecule has 1 aromatic heterocycles. The Balaban J connectivity index is 1.68. The summed E-state index contributed by atoms with van der Waals surface area (Å²) in [5.74, 6) is 1.37. The van der Waals surface area contributed by atoms with Crippen molar-refractivity contribution in [3.8, 4) is 0 Å². The number of aryl methyl sites for hydroxylation is 1. The van der Waals surface area contributed by atoms with Crippen LogP contribution in [0, 0.1) is 6.92 Å². The summed E-state index contributed by atoms with van der Waals surface area (Å²) < 4.78 is 0. The topological polar surface area (TPSA) is 12.0 Å². The molecule has 0 saturated carbocycles. The molecule has 1 fully saturated rings. The minimum absolute atomic E-state index is 0.860. The Labute approximate surface area is 101 Å². The van der Waals surface area contributed by atoms with Gasteiger partial charge in [0.15, 0.2) is 0 Å². The molecule has 0 radical (unpaired) electrons. The number of rotatable bonds is 4. The molecule has 0 aliphatic carbocycles. The van der Waals surface area contributed by atoms with Gasteiger partial charge in [-0.15, -0.1) is 11.3 Å². The van der Waals surface area contributed by atoms with Crippen molar-refractivity contribution in [2.24, 2.45) is 0 Å². The summed E-state index contributed by atoms with van der Waals surface area (Å²) in [6.45, 7) is 4.44. The highest BCUT2D eigenvalue weighted by Crippen LogP contribution is 2.24. The molecule has 1 unspecified atom stereocenters. The van der Waals surface area contributed by atoms with Crippen LogP contribution in [-0.2, 0) is 6.54 Å². The molecule has 1 atom stereocenters. The van der Waals surface area contributed by atoms with Crippen LogP contribution in [0.2, 0.25) is 0 Å². The van der Waals surface area contributed by atoms with Crippen molar-refractivity contribution in [2.75, 3.05) is 12.3 Å². The van der Waals surface area contributed by atoms with E-state index in [0.29, 0.717) is 0 Å².